The van der Waals surface area contributed by atoms with Gasteiger partial charge in [0.15, 0.2) is 0 Å². The lowest BCUT2D eigenvalue weighted by molar-refractivity contribution is 1.29. The predicted octanol–water partition coefficient (Wildman–Crippen LogP) is 2.85. The fourth-order valence-corrected chi connectivity index (χ4v) is 1.17. The molecule has 0 saturated carbocycles. The standard InChI is InChI=1S/C12H14N2/c1-3-4-7-14-12-8-11(9-13)6-5-10(12)2/h3-6,8,14H,7H2,1-2H3/b4-3+. The first-order chi connectivity index (χ1) is 6.77. The van der Waals surface area contributed by atoms with Gasteiger partial charge in [-0.25, -0.2) is 0 Å². The van der Waals surface area contributed by atoms with Crippen LogP contribution in [0.5, 0.6) is 0 Å². The number of aryl methyl sites for hydroxylation is 1. The molecule has 1 N–H and O–H groups in total. The molecule has 0 atom stereocenters. The number of anilines is 1. The van der Waals surface area contributed by atoms with Crippen LogP contribution in [0.25, 0.3) is 0 Å². The molecule has 1 aromatic rings. The first-order valence-corrected chi connectivity index (χ1v) is 4.63. The van der Waals surface area contributed by atoms with Crippen LogP contribution in [0.4, 0.5) is 5.69 Å². The molecule has 2 heteroatoms. The van der Waals surface area contributed by atoms with Crippen molar-refractivity contribution in [2.75, 3.05) is 11.9 Å². The van der Waals surface area contributed by atoms with E-state index in [1.54, 1.807) is 0 Å². The first kappa shape index (κ1) is 10.3. The molecule has 0 heterocycles. The fraction of sp³-hybridized carbons (Fsp3) is 0.250. The van der Waals surface area contributed by atoms with Gasteiger partial charge in [-0.1, -0.05) is 18.2 Å². The molecular weight excluding hydrogens is 172 g/mol. The summed E-state index contributed by atoms with van der Waals surface area (Å²) in [6.07, 6.45) is 4.04. The quantitative estimate of drug-likeness (QED) is 0.737. The topological polar surface area (TPSA) is 35.8 Å². The molecule has 0 fully saturated rings. The summed E-state index contributed by atoms with van der Waals surface area (Å²) in [5.41, 5.74) is 2.88. The van der Waals surface area contributed by atoms with Crippen molar-refractivity contribution in [3.8, 4) is 6.07 Å². The van der Waals surface area contributed by atoms with Crippen LogP contribution in [0.2, 0.25) is 0 Å². The van der Waals surface area contributed by atoms with E-state index in [-0.39, 0.29) is 0 Å². The Morgan fingerprint density at radius 1 is 1.50 bits per heavy atom. The van der Waals surface area contributed by atoms with Crippen LogP contribution in [0, 0.1) is 18.3 Å². The minimum Gasteiger partial charge on any atom is -0.381 e. The van der Waals surface area contributed by atoms with Crippen molar-refractivity contribution in [2.24, 2.45) is 0 Å². The lowest BCUT2D eigenvalue weighted by atomic mass is 10.1. The van der Waals surface area contributed by atoms with E-state index in [4.69, 9.17) is 5.26 Å². The molecule has 0 unspecified atom stereocenters. The summed E-state index contributed by atoms with van der Waals surface area (Å²) in [5, 5.41) is 12.0. The Morgan fingerprint density at radius 2 is 2.29 bits per heavy atom. The van der Waals surface area contributed by atoms with E-state index in [9.17, 15) is 0 Å². The molecule has 0 aliphatic rings. The van der Waals surface area contributed by atoms with E-state index in [1.807, 2.05) is 44.2 Å². The maximum Gasteiger partial charge on any atom is 0.0992 e. The number of hydrogen-bond acceptors (Lipinski definition) is 2. The number of nitrogens with zero attached hydrogens (tertiary/aromatic N) is 1. The molecule has 0 spiro atoms. The van der Waals surface area contributed by atoms with Gasteiger partial charge in [0.1, 0.15) is 0 Å². The lowest BCUT2D eigenvalue weighted by Gasteiger charge is -2.07. The number of nitrogens with one attached hydrogen (secondary N) is 1. The van der Waals surface area contributed by atoms with Gasteiger partial charge in [-0.15, -0.1) is 0 Å². The first-order valence-electron chi connectivity index (χ1n) is 4.63. The Balaban J connectivity index is 2.80. The van der Waals surface area contributed by atoms with Crippen molar-refractivity contribution in [3.63, 3.8) is 0 Å². The molecule has 0 bridgehead atoms. The van der Waals surface area contributed by atoms with Crippen molar-refractivity contribution < 1.29 is 0 Å². The summed E-state index contributed by atoms with van der Waals surface area (Å²) in [7, 11) is 0. The molecule has 14 heavy (non-hydrogen) atoms. The normalized spacial score (nSPS) is 10.1. The Labute approximate surface area is 84.9 Å². The molecule has 72 valence electrons. The van der Waals surface area contributed by atoms with E-state index < -0.39 is 0 Å². The maximum absolute atomic E-state index is 8.73. The third-order valence-electron chi connectivity index (χ3n) is 2.01. The fourth-order valence-electron chi connectivity index (χ4n) is 1.17. The lowest BCUT2D eigenvalue weighted by Crippen LogP contribution is -2.00. The van der Waals surface area contributed by atoms with Gasteiger partial charge in [-0.2, -0.15) is 5.26 Å². The van der Waals surface area contributed by atoms with Gasteiger partial charge >= 0.3 is 0 Å². The maximum atomic E-state index is 8.73. The Hall–Kier alpha value is -1.75. The molecule has 0 aliphatic carbocycles. The monoisotopic (exact) mass is 186 g/mol. The molecular formula is C12H14N2. The number of allylic oxidation sites excluding steroid dienone is 1. The van der Waals surface area contributed by atoms with E-state index in [0.717, 1.165) is 17.8 Å². The third-order valence-corrected chi connectivity index (χ3v) is 2.01. The average Bonchev–Trinajstić information content (AvgIpc) is 2.21. The van der Waals surface area contributed by atoms with E-state index in [0.29, 0.717) is 5.56 Å². The second-order valence-electron chi connectivity index (χ2n) is 3.09. The Kier molecular flexibility index (Phi) is 3.75. The summed E-state index contributed by atoms with van der Waals surface area (Å²) in [4.78, 5) is 0. The second kappa shape index (κ2) is 5.08. The van der Waals surface area contributed by atoms with Crippen molar-refractivity contribution in [1.29, 1.82) is 5.26 Å². The third kappa shape index (κ3) is 2.63. The molecule has 0 radical (unpaired) electrons. The summed E-state index contributed by atoms with van der Waals surface area (Å²) in [6, 6.07) is 7.79. The van der Waals surface area contributed by atoms with Gasteiger partial charge in [0, 0.05) is 12.2 Å². The van der Waals surface area contributed by atoms with Gasteiger partial charge in [-0.05, 0) is 31.5 Å². The van der Waals surface area contributed by atoms with Crippen LogP contribution in [0.15, 0.2) is 30.4 Å². The highest BCUT2D eigenvalue weighted by molar-refractivity contribution is 5.55. The van der Waals surface area contributed by atoms with Crippen LogP contribution in [-0.4, -0.2) is 6.54 Å². The van der Waals surface area contributed by atoms with Gasteiger partial charge in [0.05, 0.1) is 11.6 Å². The zero-order valence-corrected chi connectivity index (χ0v) is 8.54. The van der Waals surface area contributed by atoms with Gasteiger partial charge in [0.2, 0.25) is 0 Å². The minimum atomic E-state index is 0.693. The molecule has 0 saturated heterocycles. The molecule has 1 aromatic carbocycles. The molecule has 1 rings (SSSR count). The van der Waals surface area contributed by atoms with E-state index in [2.05, 4.69) is 11.4 Å². The summed E-state index contributed by atoms with van der Waals surface area (Å²) < 4.78 is 0. The zero-order chi connectivity index (χ0) is 10.4. The summed E-state index contributed by atoms with van der Waals surface area (Å²) in [6.45, 7) is 4.81. The smallest absolute Gasteiger partial charge is 0.0992 e. The largest absolute Gasteiger partial charge is 0.381 e. The molecule has 0 aromatic heterocycles. The number of hydrogen-bond donors (Lipinski definition) is 1. The SMILES string of the molecule is C/C=C/CNc1cc(C#N)ccc1C. The Morgan fingerprint density at radius 3 is 2.93 bits per heavy atom. The van der Waals surface area contributed by atoms with Crippen LogP contribution < -0.4 is 5.32 Å². The van der Waals surface area contributed by atoms with Crippen molar-refractivity contribution in [3.05, 3.63) is 41.5 Å². The van der Waals surface area contributed by atoms with Crippen LogP contribution in [0.3, 0.4) is 0 Å². The van der Waals surface area contributed by atoms with Crippen LogP contribution in [-0.2, 0) is 0 Å². The number of rotatable bonds is 3. The highest BCUT2D eigenvalue weighted by Gasteiger charge is 1.97. The van der Waals surface area contributed by atoms with E-state index >= 15 is 0 Å². The Bertz CT molecular complexity index is 372. The van der Waals surface area contributed by atoms with Crippen molar-refractivity contribution in [1.82, 2.24) is 0 Å². The van der Waals surface area contributed by atoms with Crippen LogP contribution in [0.1, 0.15) is 18.1 Å². The van der Waals surface area contributed by atoms with Crippen LogP contribution >= 0.6 is 0 Å². The van der Waals surface area contributed by atoms with Gasteiger partial charge < -0.3 is 5.32 Å². The average molecular weight is 186 g/mol. The summed E-state index contributed by atoms with van der Waals surface area (Å²) in [5.74, 6) is 0. The number of benzene rings is 1. The van der Waals surface area contributed by atoms with Crippen molar-refractivity contribution >= 4 is 5.69 Å². The molecule has 0 aliphatic heterocycles. The van der Waals surface area contributed by atoms with Gasteiger partial charge in [-0.3, -0.25) is 0 Å². The second-order valence-corrected chi connectivity index (χ2v) is 3.09. The molecule has 0 amide bonds. The zero-order valence-electron chi connectivity index (χ0n) is 8.54. The highest BCUT2D eigenvalue weighted by Crippen LogP contribution is 2.15. The van der Waals surface area contributed by atoms with E-state index in [1.165, 1.54) is 0 Å². The van der Waals surface area contributed by atoms with Gasteiger partial charge in [0.25, 0.3) is 0 Å². The highest BCUT2D eigenvalue weighted by atomic mass is 14.9. The molecule has 2 nitrogen and oxygen atoms in total. The number of nitriles is 1. The summed E-state index contributed by atoms with van der Waals surface area (Å²) >= 11 is 0. The predicted molar refractivity (Wildman–Crippen MR) is 59.2 cm³/mol. The van der Waals surface area contributed by atoms with Crippen molar-refractivity contribution in [2.45, 2.75) is 13.8 Å². The minimum absolute atomic E-state index is 0.693.